The highest BCUT2D eigenvalue weighted by atomic mass is 16.2. The van der Waals surface area contributed by atoms with Gasteiger partial charge in [0.2, 0.25) is 0 Å². The lowest BCUT2D eigenvalue weighted by Crippen LogP contribution is -2.68. The largest absolute Gasteiger partial charge is 0.357 e. The molecular formula is C28H30N3O+. The minimum Gasteiger partial charge on any atom is -0.299 e. The van der Waals surface area contributed by atoms with Gasteiger partial charge >= 0.3 is 5.91 Å². The molecule has 0 radical (unpaired) electrons. The zero-order chi connectivity index (χ0) is 21.7. The summed E-state index contributed by atoms with van der Waals surface area (Å²) in [4.78, 5) is 16.1. The summed E-state index contributed by atoms with van der Waals surface area (Å²) < 4.78 is 0.192. The molecule has 32 heavy (non-hydrogen) atoms. The Labute approximate surface area is 190 Å². The van der Waals surface area contributed by atoms with E-state index in [1.54, 1.807) is 0 Å². The van der Waals surface area contributed by atoms with Crippen LogP contribution >= 0.6 is 0 Å². The first-order valence-corrected chi connectivity index (χ1v) is 11.9. The Hall–Kier alpha value is -2.95. The minimum atomic E-state index is -0.0705. The molecule has 0 aromatic heterocycles. The first kappa shape index (κ1) is 19.7. The maximum Gasteiger partial charge on any atom is 0.357 e. The summed E-state index contributed by atoms with van der Waals surface area (Å²) in [6, 6.07) is 25.7. The van der Waals surface area contributed by atoms with Gasteiger partial charge in [-0.25, -0.2) is 10.2 Å². The van der Waals surface area contributed by atoms with Gasteiger partial charge in [0.1, 0.15) is 0 Å². The number of benzene rings is 3. The monoisotopic (exact) mass is 424 g/mol. The fourth-order valence-electron chi connectivity index (χ4n) is 5.94. The summed E-state index contributed by atoms with van der Waals surface area (Å²) in [5, 5.41) is 0. The quantitative estimate of drug-likeness (QED) is 0.422. The van der Waals surface area contributed by atoms with Crippen LogP contribution in [0.3, 0.4) is 0 Å². The predicted molar refractivity (Wildman–Crippen MR) is 129 cm³/mol. The second-order valence-corrected chi connectivity index (χ2v) is 9.60. The van der Waals surface area contributed by atoms with E-state index in [2.05, 4.69) is 84.0 Å². The van der Waals surface area contributed by atoms with E-state index < -0.39 is 0 Å². The number of hydrogen-bond donors (Lipinski definition) is 1. The van der Waals surface area contributed by atoms with Crippen molar-refractivity contribution in [3.05, 3.63) is 95.1 Å². The molecule has 1 amide bonds. The molecule has 2 bridgehead atoms. The molecule has 6 rings (SSSR count). The van der Waals surface area contributed by atoms with Crippen molar-refractivity contribution in [3.63, 3.8) is 0 Å². The van der Waals surface area contributed by atoms with E-state index in [-0.39, 0.29) is 22.5 Å². The number of β-lactam (4-membered cyclic amide) rings is 1. The number of fused-ring (bicyclic) bond motifs is 5. The van der Waals surface area contributed by atoms with Crippen LogP contribution in [-0.4, -0.2) is 23.9 Å². The van der Waals surface area contributed by atoms with Crippen LogP contribution in [0.15, 0.2) is 72.8 Å². The third-order valence-corrected chi connectivity index (χ3v) is 7.50. The van der Waals surface area contributed by atoms with Crippen LogP contribution in [0.25, 0.3) is 0 Å². The molecule has 3 heterocycles. The summed E-state index contributed by atoms with van der Waals surface area (Å²) in [7, 11) is 0. The van der Waals surface area contributed by atoms with Crippen molar-refractivity contribution in [2.45, 2.75) is 44.7 Å². The molecule has 3 unspecified atom stereocenters. The molecule has 3 aromatic rings. The van der Waals surface area contributed by atoms with Gasteiger partial charge in [0.25, 0.3) is 0 Å². The Kier molecular flexibility index (Phi) is 4.67. The SMILES string of the molecule is Cc1ccc2c(c1)[N+]1(Nc3ccc(CN4CCCCC4)cc3)C(=O)C2C1c1ccccc1. The summed E-state index contributed by atoms with van der Waals surface area (Å²) in [6.45, 7) is 5.51. The standard InChI is InChI=1S/C28H30N3O/c1-20-10-15-24-25(18-20)31(27(26(24)28(31)32)22-8-4-2-5-9-22)29-23-13-11-21(12-14-23)19-30-16-6-3-7-17-30/h2,4-5,8-15,18,26-27,29H,3,6-7,16-17,19H2,1H3/q+1. The van der Waals surface area contributed by atoms with Crippen molar-refractivity contribution < 1.29 is 4.79 Å². The highest BCUT2D eigenvalue weighted by Gasteiger charge is 2.74. The lowest BCUT2D eigenvalue weighted by atomic mass is 9.83. The third-order valence-electron chi connectivity index (χ3n) is 7.50. The predicted octanol–water partition coefficient (Wildman–Crippen LogP) is 5.69. The van der Waals surface area contributed by atoms with Crippen LogP contribution < -0.4 is 10.0 Å². The number of quaternary nitrogens is 1. The smallest absolute Gasteiger partial charge is 0.299 e. The molecule has 2 saturated heterocycles. The average Bonchev–Trinajstić information content (AvgIpc) is 3.24. The Bertz CT molecular complexity index is 1150. The molecule has 0 spiro atoms. The molecule has 2 fully saturated rings. The van der Waals surface area contributed by atoms with E-state index in [1.807, 2.05) is 6.07 Å². The van der Waals surface area contributed by atoms with Crippen molar-refractivity contribution in [2.75, 3.05) is 18.5 Å². The first-order valence-electron chi connectivity index (χ1n) is 11.9. The fourth-order valence-corrected chi connectivity index (χ4v) is 5.94. The molecular weight excluding hydrogens is 394 g/mol. The number of amides is 1. The first-order chi connectivity index (χ1) is 15.7. The van der Waals surface area contributed by atoms with Gasteiger partial charge in [-0.3, -0.25) is 4.90 Å². The molecule has 4 nitrogen and oxygen atoms in total. The number of rotatable bonds is 5. The normalized spacial score (nSPS) is 26.5. The number of aryl methyl sites for hydroxylation is 1. The zero-order valence-electron chi connectivity index (χ0n) is 18.6. The number of nitrogens with one attached hydrogen (secondary N) is 1. The number of nitrogens with zero attached hydrogens (tertiary/aromatic N) is 2. The lowest BCUT2D eigenvalue weighted by Gasteiger charge is -2.45. The fraction of sp³-hybridized carbons (Fsp3) is 0.321. The molecule has 3 aliphatic heterocycles. The molecule has 0 aliphatic carbocycles. The number of anilines is 1. The summed E-state index contributed by atoms with van der Waals surface area (Å²) in [5.41, 5.74) is 10.7. The van der Waals surface area contributed by atoms with Gasteiger partial charge in [0.05, 0.1) is 5.69 Å². The van der Waals surface area contributed by atoms with Crippen LogP contribution in [0.2, 0.25) is 0 Å². The van der Waals surface area contributed by atoms with E-state index >= 15 is 0 Å². The highest BCUT2D eigenvalue weighted by Crippen LogP contribution is 2.64. The lowest BCUT2D eigenvalue weighted by molar-refractivity contribution is -0.143. The topological polar surface area (TPSA) is 32.3 Å². The van der Waals surface area contributed by atoms with E-state index in [0.717, 1.165) is 17.9 Å². The Morgan fingerprint density at radius 3 is 2.44 bits per heavy atom. The van der Waals surface area contributed by atoms with Crippen molar-refractivity contribution in [1.82, 2.24) is 9.49 Å². The molecule has 1 N–H and O–H groups in total. The van der Waals surface area contributed by atoms with Gasteiger partial charge in [-0.1, -0.05) is 61.0 Å². The number of likely N-dealkylation sites (tertiary alicyclic amines) is 1. The van der Waals surface area contributed by atoms with E-state index in [9.17, 15) is 4.79 Å². The van der Waals surface area contributed by atoms with Crippen LogP contribution in [0.1, 0.15) is 53.5 Å². The highest BCUT2D eigenvalue weighted by molar-refractivity contribution is 6.09. The Morgan fingerprint density at radius 2 is 1.69 bits per heavy atom. The van der Waals surface area contributed by atoms with Crippen molar-refractivity contribution in [1.29, 1.82) is 0 Å². The van der Waals surface area contributed by atoms with Gasteiger partial charge in [-0.15, -0.1) is 4.59 Å². The van der Waals surface area contributed by atoms with Crippen LogP contribution in [0.5, 0.6) is 0 Å². The number of piperidine rings is 1. The zero-order valence-corrected chi connectivity index (χ0v) is 18.6. The minimum absolute atomic E-state index is 0.0705. The third kappa shape index (κ3) is 2.94. The average molecular weight is 425 g/mol. The Balaban J connectivity index is 1.33. The molecule has 0 saturated carbocycles. The summed E-state index contributed by atoms with van der Waals surface area (Å²) >= 11 is 0. The van der Waals surface area contributed by atoms with Gasteiger partial charge < -0.3 is 0 Å². The maximum atomic E-state index is 13.5. The van der Waals surface area contributed by atoms with Crippen LogP contribution in [0.4, 0.5) is 11.4 Å². The molecule has 3 aliphatic rings. The van der Waals surface area contributed by atoms with Crippen LogP contribution in [0, 0.1) is 6.92 Å². The van der Waals surface area contributed by atoms with Crippen molar-refractivity contribution >= 4 is 17.3 Å². The van der Waals surface area contributed by atoms with E-state index in [0.29, 0.717) is 0 Å². The molecule has 4 heteroatoms. The van der Waals surface area contributed by atoms with Crippen molar-refractivity contribution in [2.24, 2.45) is 0 Å². The summed E-state index contributed by atoms with van der Waals surface area (Å²) in [5.74, 6) is 0.177. The Morgan fingerprint density at radius 1 is 0.938 bits per heavy atom. The molecule has 3 atom stereocenters. The van der Waals surface area contributed by atoms with Gasteiger partial charge in [0.15, 0.2) is 17.6 Å². The van der Waals surface area contributed by atoms with Crippen LogP contribution in [-0.2, 0) is 11.3 Å². The number of hydrogen-bond acceptors (Lipinski definition) is 3. The van der Waals surface area contributed by atoms with E-state index in [4.69, 9.17) is 0 Å². The van der Waals surface area contributed by atoms with Gasteiger partial charge in [0, 0.05) is 23.7 Å². The molecule has 162 valence electrons. The van der Waals surface area contributed by atoms with Gasteiger partial charge in [-0.05, 0) is 56.1 Å². The summed E-state index contributed by atoms with van der Waals surface area (Å²) in [6.07, 6.45) is 3.98. The maximum absolute atomic E-state index is 13.5. The van der Waals surface area contributed by atoms with E-state index in [1.165, 1.54) is 54.6 Å². The molecule has 3 aromatic carbocycles. The van der Waals surface area contributed by atoms with Gasteiger partial charge in [-0.2, -0.15) is 0 Å². The van der Waals surface area contributed by atoms with Crippen molar-refractivity contribution in [3.8, 4) is 0 Å². The second-order valence-electron chi connectivity index (χ2n) is 9.60. The number of carbonyl (C=O) groups is 1. The number of carbonyl (C=O) groups excluding carboxylic acids is 1. The second kappa shape index (κ2) is 7.58.